The fourth-order valence-electron chi connectivity index (χ4n) is 1.98. The number of hydrogen-bond donors (Lipinski definition) is 1. The molecule has 1 aromatic heterocycles. The Hall–Kier alpha value is -1.09. The summed E-state index contributed by atoms with van der Waals surface area (Å²) in [6.07, 6.45) is 1.90. The van der Waals surface area contributed by atoms with E-state index in [1.54, 1.807) is 0 Å². The van der Waals surface area contributed by atoms with Crippen LogP contribution in [0.5, 0.6) is 0 Å². The largest absolute Gasteiger partial charge is 0.359 e. The number of hydrogen-bond acceptors (Lipinski definition) is 3. The summed E-state index contributed by atoms with van der Waals surface area (Å²) in [6.45, 7) is 10.8. The normalized spacial score (nSPS) is 12.8. The van der Waals surface area contributed by atoms with Gasteiger partial charge in [-0.3, -0.25) is 0 Å². The number of rotatable bonds is 6. The number of nitrogens with zero attached hydrogens (tertiary/aromatic N) is 2. The van der Waals surface area contributed by atoms with Gasteiger partial charge in [-0.2, -0.15) is 0 Å². The van der Waals surface area contributed by atoms with Crippen LogP contribution in [0.15, 0.2) is 18.3 Å². The SMILES string of the molecule is CCNC(C)c1ccnc(N(C)CC(C)C)c1. The zero-order valence-electron chi connectivity index (χ0n) is 11.7. The minimum absolute atomic E-state index is 0.384. The first-order valence-corrected chi connectivity index (χ1v) is 6.45. The van der Waals surface area contributed by atoms with E-state index in [9.17, 15) is 0 Å². The molecule has 0 amide bonds. The fraction of sp³-hybridized carbons (Fsp3) is 0.643. The van der Waals surface area contributed by atoms with Gasteiger partial charge in [0.1, 0.15) is 5.82 Å². The first-order chi connectivity index (χ1) is 8.04. The third-order valence-electron chi connectivity index (χ3n) is 2.81. The van der Waals surface area contributed by atoms with Gasteiger partial charge in [-0.1, -0.05) is 20.8 Å². The summed E-state index contributed by atoms with van der Waals surface area (Å²) in [5, 5.41) is 3.42. The summed E-state index contributed by atoms with van der Waals surface area (Å²) in [5.74, 6) is 1.71. The van der Waals surface area contributed by atoms with Crippen LogP contribution in [0.3, 0.4) is 0 Å². The van der Waals surface area contributed by atoms with Crippen LogP contribution in [-0.2, 0) is 0 Å². The lowest BCUT2D eigenvalue weighted by Crippen LogP contribution is -2.24. The molecule has 0 saturated carbocycles. The molecule has 1 N–H and O–H groups in total. The van der Waals surface area contributed by atoms with Crippen LogP contribution >= 0.6 is 0 Å². The molecule has 0 aliphatic heterocycles. The highest BCUT2D eigenvalue weighted by molar-refractivity contribution is 5.40. The number of aromatic nitrogens is 1. The summed E-state index contributed by atoms with van der Waals surface area (Å²) < 4.78 is 0. The lowest BCUT2D eigenvalue weighted by atomic mass is 10.1. The molecule has 17 heavy (non-hydrogen) atoms. The molecular formula is C14H25N3. The minimum Gasteiger partial charge on any atom is -0.359 e. The van der Waals surface area contributed by atoms with E-state index < -0.39 is 0 Å². The van der Waals surface area contributed by atoms with Crippen molar-refractivity contribution in [2.24, 2.45) is 5.92 Å². The highest BCUT2D eigenvalue weighted by Crippen LogP contribution is 2.17. The lowest BCUT2D eigenvalue weighted by molar-refractivity contribution is 0.596. The maximum atomic E-state index is 4.43. The Morgan fingerprint density at radius 1 is 1.35 bits per heavy atom. The van der Waals surface area contributed by atoms with Gasteiger partial charge in [-0.15, -0.1) is 0 Å². The molecule has 0 saturated heterocycles. The maximum absolute atomic E-state index is 4.43. The predicted molar refractivity (Wildman–Crippen MR) is 74.4 cm³/mol. The maximum Gasteiger partial charge on any atom is 0.128 e. The summed E-state index contributed by atoms with van der Waals surface area (Å²) in [7, 11) is 2.10. The third-order valence-corrected chi connectivity index (χ3v) is 2.81. The second kappa shape index (κ2) is 6.60. The second-order valence-electron chi connectivity index (χ2n) is 5.00. The standard InChI is InChI=1S/C14H25N3/c1-6-15-12(4)13-7-8-16-14(9-13)17(5)10-11(2)3/h7-9,11-12,15H,6,10H2,1-5H3. The van der Waals surface area contributed by atoms with Crippen molar-refractivity contribution in [3.8, 4) is 0 Å². The topological polar surface area (TPSA) is 28.2 Å². The molecule has 0 aliphatic rings. The van der Waals surface area contributed by atoms with E-state index in [-0.39, 0.29) is 0 Å². The van der Waals surface area contributed by atoms with Crippen molar-refractivity contribution in [2.75, 3.05) is 25.0 Å². The van der Waals surface area contributed by atoms with E-state index in [2.05, 4.69) is 62.1 Å². The molecule has 0 spiro atoms. The molecule has 3 nitrogen and oxygen atoms in total. The van der Waals surface area contributed by atoms with Crippen molar-refractivity contribution >= 4 is 5.82 Å². The molecule has 0 aromatic carbocycles. The monoisotopic (exact) mass is 235 g/mol. The Labute approximate surface area is 105 Å². The van der Waals surface area contributed by atoms with Crippen LogP contribution in [0.1, 0.15) is 39.3 Å². The molecular weight excluding hydrogens is 210 g/mol. The third kappa shape index (κ3) is 4.35. The first kappa shape index (κ1) is 14.0. The number of nitrogens with one attached hydrogen (secondary N) is 1. The molecule has 0 bridgehead atoms. The summed E-state index contributed by atoms with van der Waals surface area (Å²) in [6, 6.07) is 4.64. The molecule has 0 radical (unpaired) electrons. The van der Waals surface area contributed by atoms with Gasteiger partial charge in [0.2, 0.25) is 0 Å². The molecule has 1 heterocycles. The van der Waals surface area contributed by atoms with Crippen LogP contribution in [0, 0.1) is 5.92 Å². The van der Waals surface area contributed by atoms with Crippen molar-refractivity contribution in [2.45, 2.75) is 33.7 Å². The Morgan fingerprint density at radius 2 is 2.06 bits per heavy atom. The molecule has 96 valence electrons. The van der Waals surface area contributed by atoms with Crippen molar-refractivity contribution in [1.82, 2.24) is 10.3 Å². The van der Waals surface area contributed by atoms with Gasteiger partial charge in [0, 0.05) is 25.8 Å². The van der Waals surface area contributed by atoms with Crippen molar-refractivity contribution in [3.63, 3.8) is 0 Å². The molecule has 1 unspecified atom stereocenters. The van der Waals surface area contributed by atoms with E-state index in [1.165, 1.54) is 5.56 Å². The molecule has 0 aliphatic carbocycles. The molecule has 0 fully saturated rings. The van der Waals surface area contributed by atoms with E-state index in [0.29, 0.717) is 12.0 Å². The Kier molecular flexibility index (Phi) is 5.42. The van der Waals surface area contributed by atoms with Gasteiger partial charge >= 0.3 is 0 Å². The summed E-state index contributed by atoms with van der Waals surface area (Å²) >= 11 is 0. The summed E-state index contributed by atoms with van der Waals surface area (Å²) in [5.41, 5.74) is 1.30. The average Bonchev–Trinajstić information content (AvgIpc) is 2.28. The fourth-order valence-corrected chi connectivity index (χ4v) is 1.98. The highest BCUT2D eigenvalue weighted by Gasteiger charge is 2.08. The number of pyridine rings is 1. The van der Waals surface area contributed by atoms with E-state index >= 15 is 0 Å². The zero-order chi connectivity index (χ0) is 12.8. The predicted octanol–water partition coefficient (Wildman–Crippen LogP) is 2.84. The van der Waals surface area contributed by atoms with Crippen LogP contribution in [0.25, 0.3) is 0 Å². The lowest BCUT2D eigenvalue weighted by Gasteiger charge is -2.22. The van der Waals surface area contributed by atoms with Crippen LogP contribution in [0.4, 0.5) is 5.82 Å². The van der Waals surface area contributed by atoms with Crippen LogP contribution in [0.2, 0.25) is 0 Å². The van der Waals surface area contributed by atoms with Gasteiger partial charge in [0.25, 0.3) is 0 Å². The van der Waals surface area contributed by atoms with E-state index in [0.717, 1.165) is 18.9 Å². The minimum atomic E-state index is 0.384. The average molecular weight is 235 g/mol. The van der Waals surface area contributed by atoms with Crippen molar-refractivity contribution < 1.29 is 0 Å². The van der Waals surface area contributed by atoms with E-state index in [4.69, 9.17) is 0 Å². The first-order valence-electron chi connectivity index (χ1n) is 6.45. The highest BCUT2D eigenvalue weighted by atomic mass is 15.2. The van der Waals surface area contributed by atoms with Gasteiger partial charge in [0.05, 0.1) is 0 Å². The second-order valence-corrected chi connectivity index (χ2v) is 5.00. The van der Waals surface area contributed by atoms with Crippen molar-refractivity contribution in [3.05, 3.63) is 23.9 Å². The molecule has 3 heteroatoms. The number of anilines is 1. The van der Waals surface area contributed by atoms with Gasteiger partial charge < -0.3 is 10.2 Å². The smallest absolute Gasteiger partial charge is 0.128 e. The Bertz CT molecular complexity index is 336. The van der Waals surface area contributed by atoms with Crippen LogP contribution < -0.4 is 10.2 Å². The van der Waals surface area contributed by atoms with Gasteiger partial charge in [-0.05, 0) is 37.1 Å². The molecule has 1 rings (SSSR count). The quantitative estimate of drug-likeness (QED) is 0.822. The Morgan fingerprint density at radius 3 is 2.65 bits per heavy atom. The summed E-state index contributed by atoms with van der Waals surface area (Å²) in [4.78, 5) is 6.65. The van der Waals surface area contributed by atoms with Crippen LogP contribution in [-0.4, -0.2) is 25.1 Å². The Balaban J connectivity index is 2.77. The van der Waals surface area contributed by atoms with Gasteiger partial charge in [0.15, 0.2) is 0 Å². The van der Waals surface area contributed by atoms with E-state index in [1.807, 2.05) is 6.20 Å². The van der Waals surface area contributed by atoms with Gasteiger partial charge in [-0.25, -0.2) is 4.98 Å². The zero-order valence-corrected chi connectivity index (χ0v) is 11.7. The van der Waals surface area contributed by atoms with Crippen molar-refractivity contribution in [1.29, 1.82) is 0 Å². The molecule has 1 atom stereocenters. The molecule has 1 aromatic rings.